The highest BCUT2D eigenvalue weighted by Crippen LogP contribution is 2.40. The molecule has 0 aliphatic heterocycles. The summed E-state index contributed by atoms with van der Waals surface area (Å²) in [5.41, 5.74) is 10.4. The summed E-state index contributed by atoms with van der Waals surface area (Å²) < 4.78 is 0. The smallest absolute Gasteiger partial charge is 0.103 e. The van der Waals surface area contributed by atoms with E-state index in [9.17, 15) is 0 Å². The number of hydrogen-bond acceptors (Lipinski definition) is 1. The van der Waals surface area contributed by atoms with Crippen molar-refractivity contribution in [2.45, 2.75) is 18.8 Å². The molecule has 1 aliphatic rings. The van der Waals surface area contributed by atoms with Crippen LogP contribution in [0.1, 0.15) is 29.9 Å². The minimum atomic E-state index is 0.450. The maximum Gasteiger partial charge on any atom is 0.103 e. The topological polar surface area (TPSA) is 26.0 Å². The van der Waals surface area contributed by atoms with E-state index in [0.29, 0.717) is 4.99 Å². The molecule has 18 heavy (non-hydrogen) atoms. The lowest BCUT2D eigenvalue weighted by Crippen LogP contribution is -2.08. The van der Waals surface area contributed by atoms with Crippen LogP contribution in [0.5, 0.6) is 0 Å². The molecule has 0 unspecified atom stereocenters. The number of nitrogens with two attached hydrogens (primary N) is 1. The Hall–Kier alpha value is -1.67. The largest absolute Gasteiger partial charge is 0.389 e. The molecule has 3 rings (SSSR count). The van der Waals surface area contributed by atoms with Gasteiger partial charge in [-0.05, 0) is 35.4 Å². The Balaban J connectivity index is 1.86. The molecule has 0 bridgehead atoms. The fourth-order valence-electron chi connectivity index (χ4n) is 2.19. The van der Waals surface area contributed by atoms with E-state index in [2.05, 4.69) is 36.4 Å². The zero-order valence-electron chi connectivity index (χ0n) is 10.1. The van der Waals surface area contributed by atoms with Gasteiger partial charge in [-0.1, -0.05) is 60.7 Å². The van der Waals surface area contributed by atoms with Crippen molar-refractivity contribution < 1.29 is 0 Å². The van der Waals surface area contributed by atoms with Crippen LogP contribution in [0.15, 0.2) is 48.5 Å². The summed E-state index contributed by atoms with van der Waals surface area (Å²) in [6.07, 6.45) is 2.70. The SMILES string of the molecule is NC(=S)c1ccc(-c2ccc(C3CC3)cc2)cc1. The van der Waals surface area contributed by atoms with Crippen molar-refractivity contribution in [1.82, 2.24) is 0 Å². The van der Waals surface area contributed by atoms with E-state index in [0.717, 1.165) is 11.5 Å². The van der Waals surface area contributed by atoms with E-state index in [-0.39, 0.29) is 0 Å². The Morgan fingerprint density at radius 2 is 1.39 bits per heavy atom. The second kappa shape index (κ2) is 4.54. The third-order valence-electron chi connectivity index (χ3n) is 3.46. The van der Waals surface area contributed by atoms with E-state index < -0.39 is 0 Å². The normalized spacial score (nSPS) is 14.4. The van der Waals surface area contributed by atoms with Gasteiger partial charge in [-0.15, -0.1) is 0 Å². The summed E-state index contributed by atoms with van der Waals surface area (Å²) in [5, 5.41) is 0. The molecular formula is C16H15NS. The summed E-state index contributed by atoms with van der Waals surface area (Å²) in [6.45, 7) is 0. The first-order chi connectivity index (χ1) is 8.74. The molecule has 0 aromatic heterocycles. The minimum Gasteiger partial charge on any atom is -0.389 e. The van der Waals surface area contributed by atoms with Crippen molar-refractivity contribution in [1.29, 1.82) is 0 Å². The molecule has 90 valence electrons. The summed E-state index contributed by atoms with van der Waals surface area (Å²) in [6, 6.07) is 17.0. The van der Waals surface area contributed by atoms with Gasteiger partial charge in [-0.3, -0.25) is 0 Å². The Morgan fingerprint density at radius 3 is 1.83 bits per heavy atom. The maximum absolute atomic E-state index is 5.59. The molecule has 1 saturated carbocycles. The molecule has 1 nitrogen and oxygen atoms in total. The molecule has 1 fully saturated rings. The highest BCUT2D eigenvalue weighted by Gasteiger charge is 2.22. The van der Waals surface area contributed by atoms with Crippen molar-refractivity contribution in [3.05, 3.63) is 59.7 Å². The zero-order chi connectivity index (χ0) is 12.5. The zero-order valence-corrected chi connectivity index (χ0v) is 10.9. The molecule has 2 aromatic rings. The lowest BCUT2D eigenvalue weighted by molar-refractivity contribution is 1.13. The first-order valence-corrected chi connectivity index (χ1v) is 6.65. The second-order valence-corrected chi connectivity index (χ2v) is 5.28. The van der Waals surface area contributed by atoms with Crippen LogP contribution in [-0.4, -0.2) is 4.99 Å². The van der Waals surface area contributed by atoms with Crippen LogP contribution < -0.4 is 5.73 Å². The van der Waals surface area contributed by atoms with Gasteiger partial charge in [0.1, 0.15) is 4.99 Å². The van der Waals surface area contributed by atoms with Gasteiger partial charge in [0.25, 0.3) is 0 Å². The van der Waals surface area contributed by atoms with Crippen molar-refractivity contribution >= 4 is 17.2 Å². The molecule has 0 amide bonds. The molecule has 0 saturated heterocycles. The average Bonchev–Trinajstić information content (AvgIpc) is 3.23. The highest BCUT2D eigenvalue weighted by atomic mass is 32.1. The van der Waals surface area contributed by atoms with Crippen LogP contribution in [-0.2, 0) is 0 Å². The lowest BCUT2D eigenvalue weighted by Gasteiger charge is -2.05. The molecule has 2 heteroatoms. The first kappa shape index (κ1) is 11.4. The molecule has 2 N–H and O–H groups in total. The van der Waals surface area contributed by atoms with Crippen LogP contribution in [0, 0.1) is 0 Å². The van der Waals surface area contributed by atoms with Crippen molar-refractivity contribution in [3.63, 3.8) is 0 Å². The molecule has 0 heterocycles. The van der Waals surface area contributed by atoms with Gasteiger partial charge in [-0.2, -0.15) is 0 Å². The summed E-state index contributed by atoms with van der Waals surface area (Å²) in [5.74, 6) is 0.816. The lowest BCUT2D eigenvalue weighted by atomic mass is 10.0. The summed E-state index contributed by atoms with van der Waals surface area (Å²) in [7, 11) is 0. The predicted molar refractivity (Wildman–Crippen MR) is 79.7 cm³/mol. The van der Waals surface area contributed by atoms with Gasteiger partial charge in [0.05, 0.1) is 0 Å². The Morgan fingerprint density at radius 1 is 0.889 bits per heavy atom. The molecular weight excluding hydrogens is 238 g/mol. The van der Waals surface area contributed by atoms with E-state index in [4.69, 9.17) is 18.0 Å². The minimum absolute atomic E-state index is 0.450. The van der Waals surface area contributed by atoms with E-state index in [1.165, 1.54) is 29.5 Å². The van der Waals surface area contributed by atoms with Crippen LogP contribution in [0.2, 0.25) is 0 Å². The van der Waals surface area contributed by atoms with Gasteiger partial charge in [0.15, 0.2) is 0 Å². The van der Waals surface area contributed by atoms with Crippen LogP contribution in [0.25, 0.3) is 11.1 Å². The van der Waals surface area contributed by atoms with Gasteiger partial charge < -0.3 is 5.73 Å². The predicted octanol–water partition coefficient (Wildman–Crippen LogP) is 3.87. The molecule has 0 spiro atoms. The number of thiocarbonyl (C=S) groups is 1. The molecule has 0 atom stereocenters. The van der Waals surface area contributed by atoms with E-state index in [1.807, 2.05) is 12.1 Å². The fourth-order valence-corrected chi connectivity index (χ4v) is 2.33. The van der Waals surface area contributed by atoms with Gasteiger partial charge >= 0.3 is 0 Å². The average molecular weight is 253 g/mol. The first-order valence-electron chi connectivity index (χ1n) is 6.24. The third kappa shape index (κ3) is 2.29. The van der Waals surface area contributed by atoms with Gasteiger partial charge in [-0.25, -0.2) is 0 Å². The quantitative estimate of drug-likeness (QED) is 0.840. The second-order valence-electron chi connectivity index (χ2n) is 4.84. The van der Waals surface area contributed by atoms with Crippen molar-refractivity contribution in [2.75, 3.05) is 0 Å². The molecule has 0 radical (unpaired) electrons. The Labute approximate surface area is 113 Å². The van der Waals surface area contributed by atoms with E-state index in [1.54, 1.807) is 0 Å². The fraction of sp³-hybridized carbons (Fsp3) is 0.188. The van der Waals surface area contributed by atoms with Gasteiger partial charge in [0.2, 0.25) is 0 Å². The number of hydrogen-bond donors (Lipinski definition) is 1. The standard InChI is InChI=1S/C16H15NS/c17-16(18)15-9-7-14(8-10-15)13-5-3-12(4-6-13)11-1-2-11/h3-11H,1-2H2,(H2,17,18). The Bertz CT molecular complexity index is 565. The monoisotopic (exact) mass is 253 g/mol. The van der Waals surface area contributed by atoms with Crippen LogP contribution >= 0.6 is 12.2 Å². The maximum atomic E-state index is 5.59. The third-order valence-corrected chi connectivity index (χ3v) is 3.70. The highest BCUT2D eigenvalue weighted by molar-refractivity contribution is 7.80. The van der Waals surface area contributed by atoms with Crippen molar-refractivity contribution in [2.24, 2.45) is 5.73 Å². The van der Waals surface area contributed by atoms with E-state index >= 15 is 0 Å². The van der Waals surface area contributed by atoms with Gasteiger partial charge in [0, 0.05) is 5.56 Å². The number of rotatable bonds is 3. The van der Waals surface area contributed by atoms with Crippen LogP contribution in [0.3, 0.4) is 0 Å². The summed E-state index contributed by atoms with van der Waals surface area (Å²) in [4.78, 5) is 0.450. The molecule has 2 aromatic carbocycles. The summed E-state index contributed by atoms with van der Waals surface area (Å²) >= 11 is 4.95. The number of benzene rings is 2. The van der Waals surface area contributed by atoms with Crippen molar-refractivity contribution in [3.8, 4) is 11.1 Å². The molecule has 1 aliphatic carbocycles. The Kier molecular flexibility index (Phi) is 2.88. The van der Waals surface area contributed by atoms with Crippen LogP contribution in [0.4, 0.5) is 0 Å².